The Balaban J connectivity index is 1.17. The van der Waals surface area contributed by atoms with Crippen molar-refractivity contribution in [1.82, 2.24) is 10.6 Å². The van der Waals surface area contributed by atoms with E-state index in [1.165, 1.54) is 12.1 Å². The third kappa shape index (κ3) is 16.4. The van der Waals surface area contributed by atoms with Gasteiger partial charge in [0.2, 0.25) is 0 Å². The number of amides is 2. The summed E-state index contributed by atoms with van der Waals surface area (Å²) in [7, 11) is 0. The number of carboxylic acids is 1. The summed E-state index contributed by atoms with van der Waals surface area (Å²) in [6.45, 7) is 0.616. The summed E-state index contributed by atoms with van der Waals surface area (Å²) in [6.07, 6.45) is -2.70. The van der Waals surface area contributed by atoms with Crippen LogP contribution in [0.5, 0.6) is 0 Å². The lowest BCUT2D eigenvalue weighted by Crippen LogP contribution is -2.60. The number of carbonyl (C=O) groups is 4. The highest BCUT2D eigenvalue weighted by Gasteiger charge is 2.59. The number of nitrogens with zero attached hydrogens (tertiary/aromatic N) is 1. The van der Waals surface area contributed by atoms with Gasteiger partial charge in [0.1, 0.15) is 17.9 Å². The number of nitro groups is 1. The second kappa shape index (κ2) is 28.6. The van der Waals surface area contributed by atoms with Crippen LogP contribution in [0, 0.1) is 15.5 Å². The van der Waals surface area contributed by atoms with Gasteiger partial charge in [0, 0.05) is 6.07 Å². The molecule has 0 spiro atoms. The molecule has 2 atom stereocenters. The molecule has 6 aromatic rings. The van der Waals surface area contributed by atoms with Crippen molar-refractivity contribution < 1.29 is 62.4 Å². The lowest BCUT2D eigenvalue weighted by atomic mass is 9.72. The molecule has 75 heavy (non-hydrogen) atoms. The zero-order chi connectivity index (χ0) is 52.7. The van der Waals surface area contributed by atoms with Crippen molar-refractivity contribution in [1.29, 1.82) is 0 Å². The van der Waals surface area contributed by atoms with E-state index in [0.717, 1.165) is 40.5 Å². The number of nitro benzene ring substituents is 1. The SMILES string of the molecule is O=C(NC(COC(COCc1ccccc1)COCc1ccccc1)COC(COCc1ccccc1)COCc1ccccc1)C1=CC(C(=O)O)(C(=O)c2ccccc2[N+](=O)[O-])C(OCc2ccccc2)C(=O)N1. The van der Waals surface area contributed by atoms with Gasteiger partial charge in [-0.3, -0.25) is 29.3 Å². The van der Waals surface area contributed by atoms with Gasteiger partial charge < -0.3 is 48.9 Å². The molecule has 0 saturated heterocycles. The van der Waals surface area contributed by atoms with Crippen molar-refractivity contribution >= 4 is 29.3 Å². The van der Waals surface area contributed by atoms with Gasteiger partial charge in [-0.05, 0) is 40.0 Å². The number of ketones is 1. The second-order valence-corrected chi connectivity index (χ2v) is 17.6. The molecule has 1 aliphatic rings. The van der Waals surface area contributed by atoms with Crippen molar-refractivity contribution in [2.45, 2.75) is 57.4 Å². The Bertz CT molecular complexity index is 2600. The number of benzene rings is 6. The number of para-hydroxylation sites is 1. The van der Waals surface area contributed by atoms with Gasteiger partial charge >= 0.3 is 5.97 Å². The molecule has 0 radical (unpaired) electrons. The van der Waals surface area contributed by atoms with Gasteiger partial charge in [-0.25, -0.2) is 0 Å². The Kier molecular flexibility index (Phi) is 21.0. The molecule has 7 rings (SSSR count). The summed E-state index contributed by atoms with van der Waals surface area (Å²) < 4.78 is 43.2. The second-order valence-electron chi connectivity index (χ2n) is 17.6. The Morgan fingerprint density at radius 3 is 1.32 bits per heavy atom. The topological polar surface area (TPSA) is 220 Å². The van der Waals surface area contributed by atoms with Crippen molar-refractivity contribution in [2.24, 2.45) is 5.41 Å². The Labute approximate surface area is 434 Å². The fourth-order valence-corrected chi connectivity index (χ4v) is 8.05. The predicted octanol–water partition coefficient (Wildman–Crippen LogP) is 7.57. The first-order valence-electron chi connectivity index (χ1n) is 24.3. The molecule has 1 heterocycles. The van der Waals surface area contributed by atoms with Crippen LogP contribution in [-0.2, 0) is 80.6 Å². The summed E-state index contributed by atoms with van der Waals surface area (Å²) in [5.41, 5.74) is -0.683. The van der Waals surface area contributed by atoms with Crippen molar-refractivity contribution in [3.8, 4) is 0 Å². The molecule has 17 heteroatoms. The Hall–Kier alpha value is -7.74. The zero-order valence-corrected chi connectivity index (χ0v) is 41.1. The normalized spacial score (nSPS) is 15.4. The quantitative estimate of drug-likeness (QED) is 0.0166. The number of hydrogen-bond acceptors (Lipinski definition) is 13. The number of nitrogens with one attached hydrogen (secondary N) is 2. The summed E-state index contributed by atoms with van der Waals surface area (Å²) >= 11 is 0. The van der Waals surface area contributed by atoms with Crippen molar-refractivity contribution in [3.05, 3.63) is 231 Å². The van der Waals surface area contributed by atoms with Crippen LogP contribution in [0.2, 0.25) is 0 Å². The minimum atomic E-state index is -2.98. The molecule has 2 amide bonds. The lowest BCUT2D eigenvalue weighted by Gasteiger charge is -2.36. The highest BCUT2D eigenvalue weighted by Crippen LogP contribution is 2.38. The van der Waals surface area contributed by atoms with Gasteiger partial charge in [-0.15, -0.1) is 0 Å². The van der Waals surface area contributed by atoms with Gasteiger partial charge in [0.05, 0.1) is 89.2 Å². The first-order chi connectivity index (χ1) is 36.6. The van der Waals surface area contributed by atoms with Crippen molar-refractivity contribution in [2.75, 3.05) is 39.6 Å². The van der Waals surface area contributed by atoms with Crippen LogP contribution in [0.3, 0.4) is 0 Å². The largest absolute Gasteiger partial charge is 0.480 e. The van der Waals surface area contributed by atoms with E-state index in [2.05, 4.69) is 10.6 Å². The molecule has 0 aromatic heterocycles. The first kappa shape index (κ1) is 55.0. The maximum atomic E-state index is 14.7. The number of carboxylic acid groups (broad SMARTS) is 1. The zero-order valence-electron chi connectivity index (χ0n) is 41.1. The summed E-state index contributed by atoms with van der Waals surface area (Å²) in [6, 6.07) is 50.4. The fraction of sp³-hybridized carbons (Fsp3) is 0.276. The highest BCUT2D eigenvalue weighted by atomic mass is 16.6. The van der Waals surface area contributed by atoms with Gasteiger partial charge in [0.15, 0.2) is 17.3 Å². The highest BCUT2D eigenvalue weighted by molar-refractivity contribution is 6.20. The maximum Gasteiger partial charge on any atom is 0.324 e. The van der Waals surface area contributed by atoms with E-state index in [-0.39, 0.29) is 72.7 Å². The smallest absolute Gasteiger partial charge is 0.324 e. The molecular formula is C58H59N3O14. The van der Waals surface area contributed by atoms with E-state index < -0.39 is 75.2 Å². The fourth-order valence-electron chi connectivity index (χ4n) is 8.05. The average molecular weight is 1020 g/mol. The third-order valence-electron chi connectivity index (χ3n) is 11.9. The van der Waals surface area contributed by atoms with Gasteiger partial charge in [0.25, 0.3) is 17.5 Å². The van der Waals surface area contributed by atoms with E-state index in [0.29, 0.717) is 5.56 Å². The number of Topliss-reactive ketones (excluding diaryl/α,β-unsaturated/α-hetero) is 1. The van der Waals surface area contributed by atoms with E-state index in [9.17, 15) is 34.4 Å². The van der Waals surface area contributed by atoms with Crippen LogP contribution < -0.4 is 10.6 Å². The third-order valence-corrected chi connectivity index (χ3v) is 11.9. The summed E-state index contributed by atoms with van der Waals surface area (Å²) in [4.78, 5) is 68.6. The molecule has 3 N–H and O–H groups in total. The molecule has 17 nitrogen and oxygen atoms in total. The van der Waals surface area contributed by atoms with Crippen LogP contribution >= 0.6 is 0 Å². The molecular weight excluding hydrogens is 963 g/mol. The molecule has 0 bridgehead atoms. The number of hydrogen-bond donors (Lipinski definition) is 3. The molecule has 390 valence electrons. The van der Waals surface area contributed by atoms with Crippen LogP contribution in [0.4, 0.5) is 5.69 Å². The molecule has 2 unspecified atom stereocenters. The van der Waals surface area contributed by atoms with Gasteiger partial charge in [-0.2, -0.15) is 0 Å². The van der Waals surface area contributed by atoms with Crippen LogP contribution in [0.15, 0.2) is 188 Å². The number of ether oxygens (including phenoxy) is 7. The predicted molar refractivity (Wildman–Crippen MR) is 275 cm³/mol. The maximum absolute atomic E-state index is 14.7. The molecule has 1 aliphatic heterocycles. The monoisotopic (exact) mass is 1020 g/mol. The molecule has 0 saturated carbocycles. The minimum absolute atomic E-state index is 0.0783. The van der Waals surface area contributed by atoms with Crippen LogP contribution in [-0.4, -0.2) is 97.6 Å². The number of aliphatic carboxylic acids is 1. The van der Waals surface area contributed by atoms with E-state index in [4.69, 9.17) is 33.2 Å². The van der Waals surface area contributed by atoms with E-state index >= 15 is 0 Å². The van der Waals surface area contributed by atoms with Crippen LogP contribution in [0.1, 0.15) is 38.2 Å². The lowest BCUT2D eigenvalue weighted by molar-refractivity contribution is -0.385. The number of rotatable bonds is 31. The first-order valence-corrected chi connectivity index (χ1v) is 24.3. The van der Waals surface area contributed by atoms with E-state index in [1.807, 2.05) is 121 Å². The molecule has 0 aliphatic carbocycles. The molecule has 6 aromatic carbocycles. The number of carbonyl (C=O) groups excluding carboxylic acids is 3. The summed E-state index contributed by atoms with van der Waals surface area (Å²) in [5.74, 6) is -5.44. The van der Waals surface area contributed by atoms with Gasteiger partial charge in [-0.1, -0.05) is 164 Å². The summed E-state index contributed by atoms with van der Waals surface area (Å²) in [5, 5.41) is 28.5. The standard InChI is InChI=1S/C58H59N3O14/c62-53(50-28-16-17-29-52(50)61(67)68)58(57(65)66)30-51(60-56(64)54(58)75-35-46-26-14-5-15-27-46)55(63)59-47(36-73-48(38-69-31-42-18-6-1-7-19-42)39-70-32-43-20-8-2-9-21-43)37-74-49(40-71-33-44-22-10-3-11-23-44)41-72-34-45-24-12-4-13-25-45/h1-30,47-49,54H,31-41H2,(H,59,63)(H,60,64)(H,65,66). The van der Waals surface area contributed by atoms with Crippen molar-refractivity contribution in [3.63, 3.8) is 0 Å². The van der Waals surface area contributed by atoms with Crippen LogP contribution in [0.25, 0.3) is 0 Å². The van der Waals surface area contributed by atoms with E-state index in [1.54, 1.807) is 30.3 Å². The minimum Gasteiger partial charge on any atom is -0.480 e. The average Bonchev–Trinajstić information content (AvgIpc) is 3.44. The Morgan fingerprint density at radius 1 is 0.560 bits per heavy atom. The Morgan fingerprint density at radius 2 is 0.933 bits per heavy atom. The molecule has 0 fully saturated rings.